The van der Waals surface area contributed by atoms with Gasteiger partial charge in [-0.3, -0.25) is 10.1 Å². The van der Waals surface area contributed by atoms with Crippen LogP contribution in [0.4, 0.5) is 10.5 Å². The van der Waals surface area contributed by atoms with Crippen LogP contribution >= 0.6 is 0 Å². The predicted octanol–water partition coefficient (Wildman–Crippen LogP) is 0.968. The van der Waals surface area contributed by atoms with Crippen LogP contribution in [0.3, 0.4) is 0 Å². The van der Waals surface area contributed by atoms with Crippen LogP contribution in [0.25, 0.3) is 0 Å². The topological polar surface area (TPSA) is 121 Å². The zero-order valence-corrected chi connectivity index (χ0v) is 12.8. The van der Waals surface area contributed by atoms with Crippen molar-refractivity contribution in [1.29, 1.82) is 0 Å². The molecule has 10 heteroatoms. The first kappa shape index (κ1) is 15.7. The highest BCUT2D eigenvalue weighted by molar-refractivity contribution is 7.89. The summed E-state index contributed by atoms with van der Waals surface area (Å²) in [6.45, 7) is 0.752. The number of carbonyl (C=O) groups is 1. The third kappa shape index (κ3) is 2.53. The average molecular weight is 341 g/mol. The van der Waals surface area contributed by atoms with E-state index >= 15 is 0 Å². The Hall–Kier alpha value is -2.20. The molecular weight excluding hydrogens is 326 g/mol. The number of sulfonamides is 1. The molecule has 2 fully saturated rings. The van der Waals surface area contributed by atoms with Gasteiger partial charge < -0.3 is 10.0 Å². The second-order valence-electron chi connectivity index (χ2n) is 5.64. The summed E-state index contributed by atoms with van der Waals surface area (Å²) in [7, 11) is -4.03. The minimum Gasteiger partial charge on any atom is -0.465 e. The molecule has 0 spiro atoms. The Labute approximate surface area is 132 Å². The Balaban J connectivity index is 1.90. The molecule has 1 aromatic rings. The monoisotopic (exact) mass is 341 g/mol. The van der Waals surface area contributed by atoms with Crippen molar-refractivity contribution in [2.45, 2.75) is 17.4 Å². The highest BCUT2D eigenvalue weighted by Crippen LogP contribution is 2.38. The van der Waals surface area contributed by atoms with Crippen LogP contribution in [-0.2, 0) is 10.0 Å². The van der Waals surface area contributed by atoms with Gasteiger partial charge in [-0.25, -0.2) is 13.2 Å². The summed E-state index contributed by atoms with van der Waals surface area (Å²) in [5.41, 5.74) is -0.471. The lowest BCUT2D eigenvalue weighted by molar-refractivity contribution is -0.387. The van der Waals surface area contributed by atoms with Gasteiger partial charge in [0.2, 0.25) is 10.0 Å². The van der Waals surface area contributed by atoms with Gasteiger partial charge in [0, 0.05) is 31.7 Å². The summed E-state index contributed by atoms with van der Waals surface area (Å²) >= 11 is 0. The van der Waals surface area contributed by atoms with Gasteiger partial charge >= 0.3 is 6.09 Å². The number of nitrogens with zero attached hydrogens (tertiary/aromatic N) is 3. The van der Waals surface area contributed by atoms with Gasteiger partial charge in [-0.2, -0.15) is 4.31 Å². The standard InChI is InChI=1S/C13H15N3O6S/c17-13(18)14-6-5-9-7-15(11(9)8-14)23(21,22)12-4-2-1-3-10(12)16(19)20/h1-4,9,11H,5-8H2,(H,17,18). The lowest BCUT2D eigenvalue weighted by atomic mass is 9.85. The second kappa shape index (κ2) is 5.46. The second-order valence-corrected chi connectivity index (χ2v) is 7.50. The summed E-state index contributed by atoms with van der Waals surface area (Å²) in [6, 6.07) is 4.74. The number of hydrogen-bond donors (Lipinski definition) is 1. The Bertz CT molecular complexity index is 765. The first-order chi connectivity index (χ1) is 10.8. The van der Waals surface area contributed by atoms with E-state index in [1.54, 1.807) is 0 Å². The highest BCUT2D eigenvalue weighted by atomic mass is 32.2. The van der Waals surface area contributed by atoms with E-state index < -0.39 is 32.8 Å². The molecule has 0 saturated carbocycles. The van der Waals surface area contributed by atoms with Gasteiger partial charge in [-0.15, -0.1) is 0 Å². The maximum atomic E-state index is 12.7. The normalized spacial score (nSPS) is 24.6. The molecule has 0 aliphatic carbocycles. The number of fused-ring (bicyclic) bond motifs is 1. The fraction of sp³-hybridized carbons (Fsp3) is 0.462. The number of amides is 1. The van der Waals surface area contributed by atoms with Gasteiger partial charge in [0.15, 0.2) is 4.90 Å². The molecule has 2 atom stereocenters. The largest absolute Gasteiger partial charge is 0.465 e. The van der Waals surface area contributed by atoms with Crippen LogP contribution in [0, 0.1) is 16.0 Å². The molecule has 2 aliphatic heterocycles. The van der Waals surface area contributed by atoms with Crippen molar-refractivity contribution in [2.24, 2.45) is 5.92 Å². The van der Waals surface area contributed by atoms with Crippen LogP contribution in [0.2, 0.25) is 0 Å². The van der Waals surface area contributed by atoms with Crippen molar-refractivity contribution in [1.82, 2.24) is 9.21 Å². The maximum absolute atomic E-state index is 12.7. The molecule has 9 nitrogen and oxygen atoms in total. The number of piperidine rings is 1. The molecule has 1 amide bonds. The third-order valence-electron chi connectivity index (χ3n) is 4.42. The quantitative estimate of drug-likeness (QED) is 0.646. The van der Waals surface area contributed by atoms with E-state index in [0.717, 1.165) is 6.07 Å². The summed E-state index contributed by atoms with van der Waals surface area (Å²) in [4.78, 5) is 22.2. The summed E-state index contributed by atoms with van der Waals surface area (Å²) in [5.74, 6) is 0.100. The fourth-order valence-corrected chi connectivity index (χ4v) is 5.04. The molecule has 0 aromatic heterocycles. The summed E-state index contributed by atoms with van der Waals surface area (Å²) in [5, 5.41) is 20.1. The molecule has 2 saturated heterocycles. The molecule has 1 aromatic carbocycles. The van der Waals surface area contributed by atoms with Crippen molar-refractivity contribution in [3.05, 3.63) is 34.4 Å². The van der Waals surface area contributed by atoms with E-state index in [-0.39, 0.29) is 23.9 Å². The Morgan fingerprint density at radius 1 is 1.30 bits per heavy atom. The van der Waals surface area contributed by atoms with Crippen LogP contribution in [-0.4, -0.2) is 59.4 Å². The number of hydrogen-bond acceptors (Lipinski definition) is 5. The average Bonchev–Trinajstić information content (AvgIpc) is 2.48. The minimum atomic E-state index is -4.03. The minimum absolute atomic E-state index is 0.0971. The molecule has 3 rings (SSSR count). The molecule has 2 unspecified atom stereocenters. The van der Waals surface area contributed by atoms with Crippen molar-refractivity contribution in [3.63, 3.8) is 0 Å². The molecule has 124 valence electrons. The van der Waals surface area contributed by atoms with Gasteiger partial charge in [-0.1, -0.05) is 12.1 Å². The van der Waals surface area contributed by atoms with E-state index in [1.165, 1.54) is 27.4 Å². The van der Waals surface area contributed by atoms with Crippen LogP contribution < -0.4 is 0 Å². The van der Waals surface area contributed by atoms with Gasteiger partial charge in [0.05, 0.1) is 4.92 Å². The number of nitro benzene ring substituents is 1. The molecule has 2 aliphatic rings. The smallest absolute Gasteiger partial charge is 0.407 e. The Morgan fingerprint density at radius 2 is 2.00 bits per heavy atom. The molecule has 0 radical (unpaired) electrons. The number of benzene rings is 1. The van der Waals surface area contributed by atoms with Crippen LogP contribution in [0.5, 0.6) is 0 Å². The molecular formula is C13H15N3O6S. The maximum Gasteiger partial charge on any atom is 0.407 e. The van der Waals surface area contributed by atoms with Gasteiger partial charge in [0.1, 0.15) is 0 Å². The fourth-order valence-electron chi connectivity index (χ4n) is 3.15. The van der Waals surface area contributed by atoms with Crippen molar-refractivity contribution in [3.8, 4) is 0 Å². The van der Waals surface area contributed by atoms with Crippen molar-refractivity contribution < 1.29 is 23.2 Å². The van der Waals surface area contributed by atoms with Crippen molar-refractivity contribution in [2.75, 3.05) is 19.6 Å². The van der Waals surface area contributed by atoms with E-state index in [1.807, 2.05) is 0 Å². The number of carboxylic acid groups (broad SMARTS) is 1. The lowest BCUT2D eigenvalue weighted by Gasteiger charge is -2.51. The van der Waals surface area contributed by atoms with Crippen LogP contribution in [0.15, 0.2) is 29.2 Å². The number of likely N-dealkylation sites (tertiary alicyclic amines) is 1. The predicted molar refractivity (Wildman–Crippen MR) is 78.5 cm³/mol. The lowest BCUT2D eigenvalue weighted by Crippen LogP contribution is -2.65. The zero-order valence-electron chi connectivity index (χ0n) is 12.0. The highest BCUT2D eigenvalue weighted by Gasteiger charge is 2.50. The Kier molecular flexibility index (Phi) is 3.72. The summed E-state index contributed by atoms with van der Waals surface area (Å²) in [6.07, 6.45) is -0.488. The molecule has 0 bridgehead atoms. The first-order valence-electron chi connectivity index (χ1n) is 7.05. The van der Waals surface area contributed by atoms with Gasteiger partial charge in [-0.05, 0) is 18.4 Å². The van der Waals surface area contributed by atoms with E-state index in [0.29, 0.717) is 13.0 Å². The number of nitro groups is 1. The first-order valence-corrected chi connectivity index (χ1v) is 8.49. The SMILES string of the molecule is O=C(O)N1CCC2CN(S(=O)(=O)c3ccccc3[N+](=O)[O-])C2C1. The van der Waals surface area contributed by atoms with Crippen molar-refractivity contribution >= 4 is 21.8 Å². The number of rotatable bonds is 3. The van der Waals surface area contributed by atoms with E-state index in [2.05, 4.69) is 0 Å². The van der Waals surface area contributed by atoms with Gasteiger partial charge in [0.25, 0.3) is 5.69 Å². The van der Waals surface area contributed by atoms with E-state index in [4.69, 9.17) is 5.11 Å². The Morgan fingerprint density at radius 3 is 2.65 bits per heavy atom. The van der Waals surface area contributed by atoms with Crippen LogP contribution in [0.1, 0.15) is 6.42 Å². The molecule has 2 heterocycles. The van der Waals surface area contributed by atoms with E-state index in [9.17, 15) is 23.3 Å². The summed E-state index contributed by atoms with van der Waals surface area (Å²) < 4.78 is 26.6. The number of para-hydroxylation sites is 1. The third-order valence-corrected chi connectivity index (χ3v) is 6.36. The molecule has 1 N–H and O–H groups in total. The zero-order chi connectivity index (χ0) is 16.8. The molecule has 23 heavy (non-hydrogen) atoms.